The summed E-state index contributed by atoms with van der Waals surface area (Å²) in [5.41, 5.74) is 1.34. The fourth-order valence-corrected chi connectivity index (χ4v) is 3.04. The molecule has 1 heterocycles. The molecule has 0 fully saturated rings. The molecular weight excluding hydrogens is 417 g/mol. The minimum absolute atomic E-state index is 0.0664. The summed E-state index contributed by atoms with van der Waals surface area (Å²) in [4.78, 5) is 7.95. The molecule has 2 N–H and O–H groups in total. The Balaban J connectivity index is 1.81. The lowest BCUT2D eigenvalue weighted by atomic mass is 10.1. The number of alkyl halides is 3. The third kappa shape index (κ3) is 6.60. The molecule has 0 saturated heterocycles. The first-order valence-electron chi connectivity index (χ1n) is 10.7. The summed E-state index contributed by atoms with van der Waals surface area (Å²) in [6.07, 6.45) is 0.142. The highest BCUT2D eigenvalue weighted by Gasteiger charge is 2.35. The number of unbranched alkanes of at least 4 members (excludes halogenated alkanes) is 2. The van der Waals surface area contributed by atoms with Crippen LogP contribution in [0.1, 0.15) is 44.2 Å². The van der Waals surface area contributed by atoms with E-state index in [0.29, 0.717) is 23.7 Å². The minimum Gasteiger partial charge on any atom is -0.494 e. The predicted molar refractivity (Wildman–Crippen MR) is 121 cm³/mol. The number of hydrogen-bond acceptors (Lipinski definition) is 5. The van der Waals surface area contributed by atoms with Crippen molar-refractivity contribution in [2.75, 3.05) is 17.2 Å². The van der Waals surface area contributed by atoms with Gasteiger partial charge in [0.15, 0.2) is 0 Å². The number of aryl methyl sites for hydroxylation is 1. The summed E-state index contributed by atoms with van der Waals surface area (Å²) in [6, 6.07) is 14.4. The van der Waals surface area contributed by atoms with Crippen molar-refractivity contribution in [3.63, 3.8) is 0 Å². The van der Waals surface area contributed by atoms with Crippen molar-refractivity contribution in [2.24, 2.45) is 0 Å². The molecule has 0 aliphatic heterocycles. The van der Waals surface area contributed by atoms with E-state index in [0.717, 1.165) is 37.4 Å². The van der Waals surface area contributed by atoms with E-state index in [-0.39, 0.29) is 11.8 Å². The first-order valence-corrected chi connectivity index (χ1v) is 10.7. The van der Waals surface area contributed by atoms with Crippen LogP contribution in [0.25, 0.3) is 0 Å². The van der Waals surface area contributed by atoms with E-state index in [1.165, 1.54) is 0 Å². The van der Waals surface area contributed by atoms with Crippen LogP contribution in [0.5, 0.6) is 5.75 Å². The molecule has 3 rings (SSSR count). The van der Waals surface area contributed by atoms with Gasteiger partial charge in [-0.05, 0) is 42.7 Å². The van der Waals surface area contributed by atoms with Gasteiger partial charge in [0.05, 0.1) is 6.61 Å². The molecule has 3 aromatic rings. The Kier molecular flexibility index (Phi) is 7.92. The highest BCUT2D eigenvalue weighted by atomic mass is 19.4. The van der Waals surface area contributed by atoms with Gasteiger partial charge in [0.2, 0.25) is 5.95 Å². The fraction of sp³-hybridized carbons (Fsp3) is 0.333. The van der Waals surface area contributed by atoms with Crippen molar-refractivity contribution in [1.29, 1.82) is 0 Å². The second kappa shape index (κ2) is 10.8. The van der Waals surface area contributed by atoms with E-state index < -0.39 is 11.7 Å². The zero-order valence-corrected chi connectivity index (χ0v) is 18.2. The maximum Gasteiger partial charge on any atom is 0.421 e. The number of rotatable bonds is 10. The van der Waals surface area contributed by atoms with Gasteiger partial charge in [-0.2, -0.15) is 18.2 Å². The Hall–Kier alpha value is -3.29. The van der Waals surface area contributed by atoms with Crippen LogP contribution in [-0.2, 0) is 12.6 Å². The van der Waals surface area contributed by atoms with E-state index in [9.17, 15) is 13.2 Å². The lowest BCUT2D eigenvalue weighted by molar-refractivity contribution is -0.137. The van der Waals surface area contributed by atoms with E-state index >= 15 is 0 Å². The van der Waals surface area contributed by atoms with Gasteiger partial charge >= 0.3 is 6.18 Å². The molecule has 0 spiro atoms. The lowest BCUT2D eigenvalue weighted by Gasteiger charge is -2.15. The van der Waals surface area contributed by atoms with Crippen LogP contribution in [0.3, 0.4) is 0 Å². The molecule has 32 heavy (non-hydrogen) atoms. The molecular formula is C24H27F3N4O. The van der Waals surface area contributed by atoms with Crippen molar-refractivity contribution < 1.29 is 17.9 Å². The summed E-state index contributed by atoms with van der Waals surface area (Å²) >= 11 is 0. The van der Waals surface area contributed by atoms with Crippen molar-refractivity contribution in [3.8, 4) is 5.75 Å². The Labute approximate surface area is 186 Å². The van der Waals surface area contributed by atoms with Gasteiger partial charge in [0.25, 0.3) is 0 Å². The Bertz CT molecular complexity index is 1010. The van der Waals surface area contributed by atoms with Crippen LogP contribution >= 0.6 is 0 Å². The van der Waals surface area contributed by atoms with Crippen LogP contribution in [-0.4, -0.2) is 16.6 Å². The van der Waals surface area contributed by atoms with Crippen LogP contribution in [0.4, 0.5) is 36.3 Å². The summed E-state index contributed by atoms with van der Waals surface area (Å²) in [6.45, 7) is 4.71. The standard InChI is InChI=1S/C24H27F3N4O/c1-3-5-6-14-32-20-9-7-8-19(15-20)29-22-21(24(25,26)27)16-28-23(31-22)30-18-12-10-17(4-2)11-13-18/h7-13,15-16H,3-6,14H2,1-2H3,(H2,28,29,30,31). The quantitative estimate of drug-likeness (QED) is 0.326. The number of ether oxygens (including phenoxy) is 1. The summed E-state index contributed by atoms with van der Waals surface area (Å²) < 4.78 is 46.3. The van der Waals surface area contributed by atoms with E-state index in [4.69, 9.17) is 4.74 Å². The molecule has 0 amide bonds. The van der Waals surface area contributed by atoms with Crippen molar-refractivity contribution in [3.05, 3.63) is 65.9 Å². The number of benzene rings is 2. The average molecular weight is 445 g/mol. The largest absolute Gasteiger partial charge is 0.494 e. The number of nitrogens with one attached hydrogen (secondary N) is 2. The first kappa shape index (κ1) is 23.4. The van der Waals surface area contributed by atoms with Crippen molar-refractivity contribution >= 4 is 23.1 Å². The van der Waals surface area contributed by atoms with Crippen molar-refractivity contribution in [1.82, 2.24) is 9.97 Å². The monoisotopic (exact) mass is 444 g/mol. The number of halogens is 3. The third-order valence-electron chi connectivity index (χ3n) is 4.83. The second-order valence-electron chi connectivity index (χ2n) is 7.34. The van der Waals surface area contributed by atoms with Crippen LogP contribution < -0.4 is 15.4 Å². The van der Waals surface area contributed by atoms with Crippen LogP contribution in [0.2, 0.25) is 0 Å². The van der Waals surface area contributed by atoms with Gasteiger partial charge in [-0.15, -0.1) is 0 Å². The average Bonchev–Trinajstić information content (AvgIpc) is 2.77. The second-order valence-corrected chi connectivity index (χ2v) is 7.34. The Morgan fingerprint density at radius 1 is 0.938 bits per heavy atom. The lowest BCUT2D eigenvalue weighted by Crippen LogP contribution is -2.12. The number of hydrogen-bond donors (Lipinski definition) is 2. The first-order chi connectivity index (χ1) is 15.4. The van der Waals surface area contributed by atoms with E-state index in [1.54, 1.807) is 24.3 Å². The molecule has 1 aromatic heterocycles. The van der Waals surface area contributed by atoms with Gasteiger partial charge in [0.1, 0.15) is 17.1 Å². The summed E-state index contributed by atoms with van der Waals surface area (Å²) in [5, 5.41) is 5.73. The topological polar surface area (TPSA) is 59.1 Å². The molecule has 0 radical (unpaired) electrons. The predicted octanol–water partition coefficient (Wildman–Crippen LogP) is 7.11. The van der Waals surface area contributed by atoms with Gasteiger partial charge in [-0.3, -0.25) is 0 Å². The maximum absolute atomic E-state index is 13.5. The number of aromatic nitrogens is 2. The molecule has 0 aliphatic rings. The van der Waals surface area contributed by atoms with Gasteiger partial charge in [-0.1, -0.05) is 44.9 Å². The molecule has 0 unspecified atom stereocenters. The molecule has 170 valence electrons. The molecule has 0 aliphatic carbocycles. The van der Waals surface area contributed by atoms with E-state index in [2.05, 4.69) is 27.5 Å². The van der Waals surface area contributed by atoms with Crippen LogP contribution in [0, 0.1) is 0 Å². The smallest absolute Gasteiger partial charge is 0.421 e. The minimum atomic E-state index is -4.60. The Morgan fingerprint density at radius 2 is 1.72 bits per heavy atom. The van der Waals surface area contributed by atoms with Crippen LogP contribution in [0.15, 0.2) is 54.7 Å². The third-order valence-corrected chi connectivity index (χ3v) is 4.83. The summed E-state index contributed by atoms with van der Waals surface area (Å²) in [7, 11) is 0. The molecule has 2 aromatic carbocycles. The van der Waals surface area contributed by atoms with E-state index in [1.807, 2.05) is 31.2 Å². The van der Waals surface area contributed by atoms with Gasteiger partial charge < -0.3 is 15.4 Å². The molecule has 0 bridgehead atoms. The van der Waals surface area contributed by atoms with Gasteiger partial charge in [-0.25, -0.2) is 4.98 Å². The van der Waals surface area contributed by atoms with Crippen molar-refractivity contribution in [2.45, 2.75) is 45.7 Å². The fourth-order valence-electron chi connectivity index (χ4n) is 3.04. The molecule has 0 saturated carbocycles. The Morgan fingerprint density at radius 3 is 2.41 bits per heavy atom. The highest BCUT2D eigenvalue weighted by Crippen LogP contribution is 2.35. The highest BCUT2D eigenvalue weighted by molar-refractivity contribution is 5.64. The zero-order valence-electron chi connectivity index (χ0n) is 18.2. The molecule has 5 nitrogen and oxygen atoms in total. The van der Waals surface area contributed by atoms with Gasteiger partial charge in [0, 0.05) is 23.6 Å². The molecule has 8 heteroatoms. The molecule has 0 atom stereocenters. The zero-order chi connectivity index (χ0) is 23.0. The number of anilines is 4. The normalized spacial score (nSPS) is 11.3. The maximum atomic E-state index is 13.5. The number of nitrogens with zero attached hydrogens (tertiary/aromatic N) is 2. The summed E-state index contributed by atoms with van der Waals surface area (Å²) in [5.74, 6) is 0.322. The SMILES string of the molecule is CCCCCOc1cccc(Nc2nc(Nc3ccc(CC)cc3)ncc2C(F)(F)F)c1.